The molecule has 1 aliphatic heterocycles. The van der Waals surface area contributed by atoms with E-state index in [9.17, 15) is 14.4 Å². The lowest BCUT2D eigenvalue weighted by molar-refractivity contribution is -0.136. The van der Waals surface area contributed by atoms with E-state index in [-0.39, 0.29) is 11.9 Å². The first-order chi connectivity index (χ1) is 15.0. The first kappa shape index (κ1) is 20.7. The number of aromatic nitrogens is 1. The molecule has 0 saturated carbocycles. The summed E-state index contributed by atoms with van der Waals surface area (Å²) in [5.74, 6) is -1.63. The second kappa shape index (κ2) is 9.04. The number of rotatable bonds is 5. The fourth-order valence-corrected chi connectivity index (χ4v) is 4.02. The molecular formula is C24H26N4O3. The third kappa shape index (κ3) is 4.60. The van der Waals surface area contributed by atoms with Crippen molar-refractivity contribution in [3.8, 4) is 0 Å². The minimum atomic E-state index is -0.785. The number of anilines is 1. The molecule has 1 aromatic heterocycles. The van der Waals surface area contributed by atoms with Crippen LogP contribution in [0, 0.1) is 0 Å². The van der Waals surface area contributed by atoms with Crippen molar-refractivity contribution in [2.45, 2.75) is 32.2 Å². The van der Waals surface area contributed by atoms with Crippen molar-refractivity contribution in [2.75, 3.05) is 18.4 Å². The van der Waals surface area contributed by atoms with Crippen LogP contribution in [0.25, 0.3) is 10.9 Å². The molecule has 3 N–H and O–H groups in total. The molecule has 31 heavy (non-hydrogen) atoms. The van der Waals surface area contributed by atoms with Crippen LogP contribution < -0.4 is 10.6 Å². The predicted octanol–water partition coefficient (Wildman–Crippen LogP) is 3.09. The maximum Gasteiger partial charge on any atom is 0.313 e. The smallest absolute Gasteiger partial charge is 0.313 e. The number of nitrogens with zero attached hydrogens (tertiary/aromatic N) is 1. The summed E-state index contributed by atoms with van der Waals surface area (Å²) in [7, 11) is 0. The van der Waals surface area contributed by atoms with Gasteiger partial charge in [0, 0.05) is 36.2 Å². The van der Waals surface area contributed by atoms with E-state index in [0.29, 0.717) is 30.8 Å². The number of hydrogen-bond acceptors (Lipinski definition) is 3. The number of likely N-dealkylation sites (tertiary alicyclic amines) is 1. The van der Waals surface area contributed by atoms with Gasteiger partial charge in [-0.15, -0.1) is 0 Å². The summed E-state index contributed by atoms with van der Waals surface area (Å²) in [5, 5.41) is 6.45. The molecule has 0 bridgehead atoms. The van der Waals surface area contributed by atoms with Gasteiger partial charge >= 0.3 is 11.8 Å². The molecule has 2 heterocycles. The van der Waals surface area contributed by atoms with E-state index in [1.807, 2.05) is 37.4 Å². The van der Waals surface area contributed by atoms with Crippen molar-refractivity contribution < 1.29 is 14.4 Å². The third-order valence-corrected chi connectivity index (χ3v) is 5.58. The topological polar surface area (TPSA) is 94.3 Å². The van der Waals surface area contributed by atoms with Crippen LogP contribution in [0.5, 0.6) is 0 Å². The number of para-hydroxylation sites is 2. The van der Waals surface area contributed by atoms with E-state index < -0.39 is 11.8 Å². The Bertz CT molecular complexity index is 1110. The van der Waals surface area contributed by atoms with Gasteiger partial charge in [0.05, 0.1) is 11.3 Å². The number of hydrogen-bond donors (Lipinski definition) is 3. The molecule has 0 aliphatic carbocycles. The van der Waals surface area contributed by atoms with Gasteiger partial charge in [0.15, 0.2) is 0 Å². The van der Waals surface area contributed by atoms with Gasteiger partial charge in [-0.1, -0.05) is 30.3 Å². The predicted molar refractivity (Wildman–Crippen MR) is 120 cm³/mol. The number of nitrogens with one attached hydrogen (secondary N) is 3. The van der Waals surface area contributed by atoms with E-state index in [0.717, 1.165) is 29.3 Å². The maximum absolute atomic E-state index is 12.8. The molecule has 3 aromatic rings. The monoisotopic (exact) mass is 418 g/mol. The summed E-state index contributed by atoms with van der Waals surface area (Å²) in [5.41, 5.74) is 2.86. The molecule has 1 aliphatic rings. The standard InChI is InChI=1S/C24H26N4O3/c1-16(14-17-15-25-20-10-4-2-8-18(17)20)26-22(29)23(30)27-21-11-5-3-9-19(21)24(31)28-12-6-7-13-28/h2-5,8-11,15-16,25H,6-7,12-14H2,1H3,(H,26,29)(H,27,30)/t16-/m1/s1. The molecule has 7 heteroatoms. The number of benzene rings is 2. The third-order valence-electron chi connectivity index (χ3n) is 5.58. The van der Waals surface area contributed by atoms with Crippen molar-refractivity contribution >= 4 is 34.3 Å². The number of carbonyl (C=O) groups excluding carboxylic acids is 3. The summed E-state index contributed by atoms with van der Waals surface area (Å²) in [6.45, 7) is 3.29. The quantitative estimate of drug-likeness (QED) is 0.556. The van der Waals surface area contributed by atoms with E-state index in [4.69, 9.17) is 0 Å². The highest BCUT2D eigenvalue weighted by Gasteiger charge is 2.24. The summed E-state index contributed by atoms with van der Waals surface area (Å²) in [4.78, 5) is 42.7. The number of fused-ring (bicyclic) bond motifs is 1. The SMILES string of the molecule is C[C@H](Cc1c[nH]c2ccccc12)NC(=O)C(=O)Nc1ccccc1C(=O)N1CCCC1. The normalized spacial score (nSPS) is 14.4. The van der Waals surface area contributed by atoms with Crippen LogP contribution in [0.1, 0.15) is 35.7 Å². The first-order valence-corrected chi connectivity index (χ1v) is 10.6. The van der Waals surface area contributed by atoms with Crippen molar-refractivity contribution in [3.63, 3.8) is 0 Å². The van der Waals surface area contributed by atoms with Crippen LogP contribution in [0.3, 0.4) is 0 Å². The number of amides is 3. The van der Waals surface area contributed by atoms with Gasteiger partial charge in [-0.25, -0.2) is 0 Å². The molecule has 1 atom stereocenters. The van der Waals surface area contributed by atoms with Gasteiger partial charge in [-0.05, 0) is 49.9 Å². The number of carbonyl (C=O) groups is 3. The zero-order valence-corrected chi connectivity index (χ0v) is 17.5. The van der Waals surface area contributed by atoms with Gasteiger partial charge in [-0.2, -0.15) is 0 Å². The average Bonchev–Trinajstić information content (AvgIpc) is 3.44. The number of aromatic amines is 1. The Morgan fingerprint density at radius 3 is 2.52 bits per heavy atom. The van der Waals surface area contributed by atoms with Gasteiger partial charge in [-0.3, -0.25) is 14.4 Å². The minimum Gasteiger partial charge on any atom is -0.361 e. The lowest BCUT2D eigenvalue weighted by atomic mass is 10.1. The van der Waals surface area contributed by atoms with Crippen molar-refractivity contribution in [1.29, 1.82) is 0 Å². The first-order valence-electron chi connectivity index (χ1n) is 10.6. The minimum absolute atomic E-state index is 0.124. The van der Waals surface area contributed by atoms with Crippen LogP contribution in [0.2, 0.25) is 0 Å². The molecule has 0 unspecified atom stereocenters. The van der Waals surface area contributed by atoms with Gasteiger partial charge in [0.2, 0.25) is 0 Å². The summed E-state index contributed by atoms with van der Waals surface area (Å²) in [6, 6.07) is 14.5. The molecule has 1 saturated heterocycles. The van der Waals surface area contributed by atoms with Crippen LogP contribution in [0.4, 0.5) is 5.69 Å². The van der Waals surface area contributed by atoms with Gasteiger partial charge in [0.25, 0.3) is 5.91 Å². The Hall–Kier alpha value is -3.61. The molecule has 3 amide bonds. The summed E-state index contributed by atoms with van der Waals surface area (Å²) in [6.07, 6.45) is 4.48. The van der Waals surface area contributed by atoms with Gasteiger partial charge < -0.3 is 20.5 Å². The highest BCUT2D eigenvalue weighted by molar-refractivity contribution is 6.40. The molecule has 4 rings (SSSR count). The van der Waals surface area contributed by atoms with E-state index in [2.05, 4.69) is 15.6 Å². The molecule has 1 fully saturated rings. The van der Waals surface area contributed by atoms with Crippen LogP contribution in [-0.4, -0.2) is 46.7 Å². The molecule has 0 spiro atoms. The largest absolute Gasteiger partial charge is 0.361 e. The Morgan fingerprint density at radius 1 is 1.00 bits per heavy atom. The van der Waals surface area contributed by atoms with Crippen molar-refractivity contribution in [1.82, 2.24) is 15.2 Å². The summed E-state index contributed by atoms with van der Waals surface area (Å²) < 4.78 is 0. The Morgan fingerprint density at radius 2 is 1.71 bits per heavy atom. The lowest BCUT2D eigenvalue weighted by Crippen LogP contribution is -2.41. The zero-order chi connectivity index (χ0) is 21.8. The van der Waals surface area contributed by atoms with Crippen LogP contribution >= 0.6 is 0 Å². The highest BCUT2D eigenvalue weighted by atomic mass is 16.2. The molecular weight excluding hydrogens is 392 g/mol. The second-order valence-corrected chi connectivity index (χ2v) is 7.94. The van der Waals surface area contributed by atoms with Crippen molar-refractivity contribution in [3.05, 3.63) is 65.9 Å². The lowest BCUT2D eigenvalue weighted by Gasteiger charge is -2.18. The Balaban J connectivity index is 1.39. The molecule has 0 radical (unpaired) electrons. The van der Waals surface area contributed by atoms with Crippen molar-refractivity contribution in [2.24, 2.45) is 0 Å². The van der Waals surface area contributed by atoms with E-state index in [1.165, 1.54) is 0 Å². The zero-order valence-electron chi connectivity index (χ0n) is 17.5. The van der Waals surface area contributed by atoms with E-state index >= 15 is 0 Å². The second-order valence-electron chi connectivity index (χ2n) is 7.94. The van der Waals surface area contributed by atoms with Crippen LogP contribution in [0.15, 0.2) is 54.7 Å². The summed E-state index contributed by atoms with van der Waals surface area (Å²) >= 11 is 0. The van der Waals surface area contributed by atoms with E-state index in [1.54, 1.807) is 29.2 Å². The molecule has 2 aromatic carbocycles. The van der Waals surface area contributed by atoms with Gasteiger partial charge in [0.1, 0.15) is 0 Å². The maximum atomic E-state index is 12.8. The molecule has 7 nitrogen and oxygen atoms in total. The fraction of sp³-hybridized carbons (Fsp3) is 0.292. The molecule has 160 valence electrons. The van der Waals surface area contributed by atoms with Crippen LogP contribution in [-0.2, 0) is 16.0 Å². The number of H-pyrrole nitrogens is 1. The Kier molecular flexibility index (Phi) is 6.02. The fourth-order valence-electron chi connectivity index (χ4n) is 4.02. The highest BCUT2D eigenvalue weighted by Crippen LogP contribution is 2.21. The average molecular weight is 418 g/mol. The Labute approximate surface area is 180 Å².